The van der Waals surface area contributed by atoms with Gasteiger partial charge in [0.1, 0.15) is 5.69 Å². The van der Waals surface area contributed by atoms with Crippen molar-refractivity contribution in [3.05, 3.63) is 38.5 Å². The van der Waals surface area contributed by atoms with Gasteiger partial charge in [0, 0.05) is 29.3 Å². The van der Waals surface area contributed by atoms with Crippen LogP contribution in [0, 0.1) is 0 Å². The van der Waals surface area contributed by atoms with Crippen LogP contribution < -0.4 is 5.73 Å². The van der Waals surface area contributed by atoms with Crippen LogP contribution in [0.4, 0.5) is 0 Å². The summed E-state index contributed by atoms with van der Waals surface area (Å²) >= 11 is 3.04. The third kappa shape index (κ3) is 3.80. The maximum atomic E-state index is 12.7. The minimum atomic E-state index is -0.503. The van der Waals surface area contributed by atoms with Gasteiger partial charge in [0.15, 0.2) is 0 Å². The summed E-state index contributed by atoms with van der Waals surface area (Å²) in [5.41, 5.74) is 6.05. The van der Waals surface area contributed by atoms with Crippen LogP contribution in [0.25, 0.3) is 0 Å². The molecule has 23 heavy (non-hydrogen) atoms. The number of likely N-dealkylation sites (tertiary alicyclic amines) is 1. The van der Waals surface area contributed by atoms with E-state index in [0.717, 1.165) is 29.3 Å². The molecule has 124 valence electrons. The molecule has 3 N–H and O–H groups in total. The number of nitrogens with two attached hydrogens (primary N) is 1. The zero-order valence-electron chi connectivity index (χ0n) is 12.9. The van der Waals surface area contributed by atoms with Crippen LogP contribution >= 0.6 is 22.7 Å². The van der Waals surface area contributed by atoms with Crippen LogP contribution in [-0.2, 0) is 6.42 Å². The van der Waals surface area contributed by atoms with E-state index in [2.05, 4.69) is 4.98 Å². The molecule has 0 saturated carbocycles. The third-order valence-electron chi connectivity index (χ3n) is 4.13. The Morgan fingerprint density at radius 2 is 2.39 bits per heavy atom. The highest BCUT2D eigenvalue weighted by Crippen LogP contribution is 2.30. The number of hydrogen-bond donors (Lipinski definition) is 2. The van der Waals surface area contributed by atoms with Crippen LogP contribution in [0.2, 0.25) is 0 Å². The monoisotopic (exact) mass is 351 g/mol. The normalized spacial score (nSPS) is 19.2. The van der Waals surface area contributed by atoms with Gasteiger partial charge in [0.2, 0.25) is 0 Å². The first-order valence-electron chi connectivity index (χ1n) is 7.86. The van der Waals surface area contributed by atoms with E-state index < -0.39 is 6.10 Å². The number of aliphatic hydroxyl groups is 1. The Bertz CT molecular complexity index is 642. The first-order valence-corrected chi connectivity index (χ1v) is 9.62. The van der Waals surface area contributed by atoms with Gasteiger partial charge >= 0.3 is 0 Å². The van der Waals surface area contributed by atoms with Crippen LogP contribution in [0.15, 0.2) is 22.9 Å². The maximum absolute atomic E-state index is 12.7. The second-order valence-corrected chi connectivity index (χ2v) is 7.65. The number of carbonyl (C=O) groups excluding carboxylic acids is 1. The van der Waals surface area contributed by atoms with Gasteiger partial charge in [-0.3, -0.25) is 4.79 Å². The van der Waals surface area contributed by atoms with Gasteiger partial charge in [-0.2, -0.15) is 0 Å². The zero-order valence-corrected chi connectivity index (χ0v) is 14.5. The molecule has 3 rings (SSSR count). The number of carbonyl (C=O) groups is 1. The number of rotatable bonds is 6. The van der Waals surface area contributed by atoms with Crippen LogP contribution in [0.3, 0.4) is 0 Å². The molecular formula is C16H21N3O2S2. The van der Waals surface area contributed by atoms with E-state index in [4.69, 9.17) is 5.73 Å². The first-order chi connectivity index (χ1) is 11.2. The highest BCUT2D eigenvalue weighted by atomic mass is 32.1. The molecule has 1 amide bonds. The molecule has 0 bridgehead atoms. The molecule has 2 aromatic heterocycles. The number of nitrogens with zero attached hydrogens (tertiary/aromatic N) is 2. The van der Waals surface area contributed by atoms with Crippen molar-refractivity contribution < 1.29 is 9.90 Å². The summed E-state index contributed by atoms with van der Waals surface area (Å²) in [6.45, 7) is 1.28. The quantitative estimate of drug-likeness (QED) is 0.838. The van der Waals surface area contributed by atoms with Crippen molar-refractivity contribution in [3.63, 3.8) is 0 Å². The lowest BCUT2D eigenvalue weighted by atomic mass is 10.1. The summed E-state index contributed by atoms with van der Waals surface area (Å²) in [7, 11) is 0. The van der Waals surface area contributed by atoms with Gasteiger partial charge < -0.3 is 15.7 Å². The summed E-state index contributed by atoms with van der Waals surface area (Å²) in [5.74, 6) is -0.0228. The molecule has 2 aromatic rings. The maximum Gasteiger partial charge on any atom is 0.273 e. The molecule has 0 aromatic carbocycles. The molecule has 3 heterocycles. The fourth-order valence-corrected chi connectivity index (χ4v) is 4.51. The Hall–Kier alpha value is -1.28. The summed E-state index contributed by atoms with van der Waals surface area (Å²) in [5, 5.41) is 15.0. The molecule has 0 radical (unpaired) electrons. The number of thiophene rings is 1. The Morgan fingerprint density at radius 1 is 1.52 bits per heavy atom. The lowest BCUT2D eigenvalue weighted by Gasteiger charge is -2.25. The number of hydrogen-bond acceptors (Lipinski definition) is 6. The standard InChI is InChI=1S/C16H21N3O2S2/c17-6-5-15-18-12(10-23-15)16(21)19-7-1-3-11(19)9-13(20)14-4-2-8-22-14/h2,4,8,10-11,13,20H,1,3,5-7,9,17H2. The third-order valence-corrected chi connectivity index (χ3v) is 6.02. The Labute approximate surface area is 143 Å². The van der Waals surface area contributed by atoms with Gasteiger partial charge in [-0.05, 0) is 37.3 Å². The van der Waals surface area contributed by atoms with Gasteiger partial charge in [0.05, 0.1) is 11.1 Å². The van der Waals surface area contributed by atoms with Crippen molar-refractivity contribution >= 4 is 28.6 Å². The zero-order chi connectivity index (χ0) is 16.2. The second-order valence-electron chi connectivity index (χ2n) is 5.73. The minimum absolute atomic E-state index is 0.0228. The molecule has 1 saturated heterocycles. The SMILES string of the molecule is NCCc1nc(C(=O)N2CCCC2CC(O)c2cccs2)cs1. The second kappa shape index (κ2) is 7.53. The summed E-state index contributed by atoms with van der Waals surface area (Å²) in [6.07, 6.45) is 2.71. The molecule has 1 aliphatic rings. The van der Waals surface area contributed by atoms with Crippen LogP contribution in [0.1, 0.15) is 45.7 Å². The smallest absolute Gasteiger partial charge is 0.273 e. The first kappa shape index (κ1) is 16.6. The molecule has 5 nitrogen and oxygen atoms in total. The lowest BCUT2D eigenvalue weighted by molar-refractivity contribution is 0.0665. The van der Waals surface area contributed by atoms with E-state index in [-0.39, 0.29) is 11.9 Å². The van der Waals surface area contributed by atoms with Crippen LogP contribution in [0.5, 0.6) is 0 Å². The summed E-state index contributed by atoms with van der Waals surface area (Å²) in [4.78, 5) is 19.9. The Balaban J connectivity index is 1.66. The van der Waals surface area contributed by atoms with E-state index in [1.807, 2.05) is 27.8 Å². The lowest BCUT2D eigenvalue weighted by Crippen LogP contribution is -2.36. The molecule has 1 aliphatic heterocycles. The van der Waals surface area contributed by atoms with E-state index in [1.165, 1.54) is 11.3 Å². The predicted molar refractivity (Wildman–Crippen MR) is 92.8 cm³/mol. The molecule has 0 spiro atoms. The van der Waals surface area contributed by atoms with E-state index in [1.54, 1.807) is 11.3 Å². The number of aliphatic hydroxyl groups excluding tert-OH is 1. The van der Waals surface area contributed by atoms with Crippen molar-refractivity contribution in [1.82, 2.24) is 9.88 Å². The van der Waals surface area contributed by atoms with Crippen molar-refractivity contribution in [2.45, 2.75) is 37.8 Å². The van der Waals surface area contributed by atoms with Crippen LogP contribution in [-0.4, -0.2) is 40.0 Å². The molecule has 2 unspecified atom stereocenters. The fraction of sp³-hybridized carbons (Fsp3) is 0.500. The van der Waals surface area contributed by atoms with Crippen molar-refractivity contribution in [2.24, 2.45) is 5.73 Å². The van der Waals surface area contributed by atoms with Crippen molar-refractivity contribution in [1.29, 1.82) is 0 Å². The minimum Gasteiger partial charge on any atom is -0.387 e. The van der Waals surface area contributed by atoms with Crippen molar-refractivity contribution in [2.75, 3.05) is 13.1 Å². The highest BCUT2D eigenvalue weighted by Gasteiger charge is 2.32. The van der Waals surface area contributed by atoms with Gasteiger partial charge in [-0.25, -0.2) is 4.98 Å². The van der Waals surface area contributed by atoms with E-state index in [9.17, 15) is 9.90 Å². The molecule has 1 fully saturated rings. The average Bonchev–Trinajstić information content (AvgIpc) is 3.28. The predicted octanol–water partition coefficient (Wildman–Crippen LogP) is 2.43. The van der Waals surface area contributed by atoms with Gasteiger partial charge in [-0.15, -0.1) is 22.7 Å². The number of aromatic nitrogens is 1. The van der Waals surface area contributed by atoms with E-state index in [0.29, 0.717) is 25.1 Å². The van der Waals surface area contributed by atoms with Gasteiger partial charge in [0.25, 0.3) is 5.91 Å². The highest BCUT2D eigenvalue weighted by molar-refractivity contribution is 7.10. The fourth-order valence-electron chi connectivity index (χ4n) is 3.00. The Morgan fingerprint density at radius 3 is 3.13 bits per heavy atom. The average molecular weight is 351 g/mol. The Kier molecular flexibility index (Phi) is 5.42. The number of amides is 1. The molecule has 2 atom stereocenters. The molecule has 0 aliphatic carbocycles. The summed E-state index contributed by atoms with van der Waals surface area (Å²) < 4.78 is 0. The molecule has 7 heteroatoms. The topological polar surface area (TPSA) is 79.5 Å². The number of thiazole rings is 1. The molecular weight excluding hydrogens is 330 g/mol. The van der Waals surface area contributed by atoms with Crippen molar-refractivity contribution in [3.8, 4) is 0 Å². The largest absolute Gasteiger partial charge is 0.387 e. The van der Waals surface area contributed by atoms with E-state index >= 15 is 0 Å². The summed E-state index contributed by atoms with van der Waals surface area (Å²) in [6, 6.07) is 3.96. The van der Waals surface area contributed by atoms with Gasteiger partial charge in [-0.1, -0.05) is 6.07 Å².